The Morgan fingerprint density at radius 1 is 1.32 bits per heavy atom. The second-order valence-electron chi connectivity index (χ2n) is 6.85. The van der Waals surface area contributed by atoms with Crippen molar-refractivity contribution < 1.29 is 0 Å². The van der Waals surface area contributed by atoms with Crippen LogP contribution in [0.15, 0.2) is 29.5 Å². The van der Waals surface area contributed by atoms with Crippen molar-refractivity contribution in [1.82, 2.24) is 20.2 Å². The first kappa shape index (κ1) is 19.5. The first-order chi connectivity index (χ1) is 12.0. The van der Waals surface area contributed by atoms with Crippen molar-refractivity contribution in [3.63, 3.8) is 0 Å². The third-order valence-electron chi connectivity index (χ3n) is 3.77. The molecule has 0 saturated heterocycles. The van der Waals surface area contributed by atoms with Crippen LogP contribution in [0.4, 0.5) is 0 Å². The second-order valence-corrected chi connectivity index (χ2v) is 8.22. The summed E-state index contributed by atoms with van der Waals surface area (Å²) in [5, 5.41) is 6.84. The summed E-state index contributed by atoms with van der Waals surface area (Å²) < 4.78 is 2.19. The maximum absolute atomic E-state index is 4.73. The van der Waals surface area contributed by atoms with Crippen LogP contribution in [0, 0.1) is 12.8 Å². The lowest BCUT2D eigenvalue weighted by molar-refractivity contribution is 0.507. The Morgan fingerprint density at radius 2 is 2.12 bits per heavy atom. The van der Waals surface area contributed by atoms with Crippen LogP contribution in [0.2, 0.25) is 0 Å². The third-order valence-corrected chi connectivity index (χ3v) is 4.80. The molecule has 0 fully saturated rings. The largest absolute Gasteiger partial charge is 0.357 e. The number of aromatic nitrogens is 2. The van der Waals surface area contributed by atoms with Gasteiger partial charge in [-0.15, -0.1) is 11.3 Å². The van der Waals surface area contributed by atoms with Gasteiger partial charge in [0.05, 0.1) is 0 Å². The molecule has 0 aliphatic carbocycles. The Hall–Kier alpha value is -1.82. The summed E-state index contributed by atoms with van der Waals surface area (Å²) in [6, 6.07) is 4.72. The van der Waals surface area contributed by atoms with Crippen LogP contribution in [-0.4, -0.2) is 28.1 Å². The number of thiophene rings is 1. The molecular formula is C19H31N5S. The Morgan fingerprint density at radius 3 is 2.76 bits per heavy atom. The molecule has 0 radical (unpaired) electrons. The van der Waals surface area contributed by atoms with Gasteiger partial charge in [0.2, 0.25) is 0 Å². The molecule has 1 atom stereocenters. The van der Waals surface area contributed by atoms with Crippen LogP contribution in [0.1, 0.15) is 43.3 Å². The van der Waals surface area contributed by atoms with Crippen molar-refractivity contribution in [3.8, 4) is 0 Å². The highest BCUT2D eigenvalue weighted by Crippen LogP contribution is 2.16. The van der Waals surface area contributed by atoms with E-state index in [1.54, 1.807) is 0 Å². The zero-order valence-corrected chi connectivity index (χ0v) is 16.9. The van der Waals surface area contributed by atoms with Gasteiger partial charge in [0.15, 0.2) is 5.96 Å². The summed E-state index contributed by atoms with van der Waals surface area (Å²) in [6.07, 6.45) is 4.90. The van der Waals surface area contributed by atoms with E-state index < -0.39 is 0 Å². The van der Waals surface area contributed by atoms with Gasteiger partial charge in [-0.1, -0.05) is 13.8 Å². The van der Waals surface area contributed by atoms with E-state index in [-0.39, 0.29) is 0 Å². The van der Waals surface area contributed by atoms with E-state index in [0.29, 0.717) is 18.5 Å². The van der Waals surface area contributed by atoms with Crippen molar-refractivity contribution in [3.05, 3.63) is 40.1 Å². The number of nitrogens with zero attached hydrogens (tertiary/aromatic N) is 3. The smallest absolute Gasteiger partial charge is 0.191 e. The van der Waals surface area contributed by atoms with E-state index in [2.05, 4.69) is 66.9 Å². The standard InChI is InChI=1S/C19H31N5S/c1-6-20-19(23-15(4)11-17-8-7-16(5)25-17)22-12-18-21-9-10-24(18)13-14(2)3/h7-10,14-15H,6,11-13H2,1-5H3,(H2,20,22,23). The van der Waals surface area contributed by atoms with E-state index in [4.69, 9.17) is 4.99 Å². The fraction of sp³-hybridized carbons (Fsp3) is 0.579. The average Bonchev–Trinajstić information content (AvgIpc) is 3.13. The highest BCUT2D eigenvalue weighted by Gasteiger charge is 2.09. The maximum atomic E-state index is 4.73. The monoisotopic (exact) mass is 361 g/mol. The molecule has 2 aromatic rings. The number of aliphatic imine (C=N–C) groups is 1. The van der Waals surface area contributed by atoms with Crippen LogP contribution in [0.25, 0.3) is 0 Å². The molecule has 0 aromatic carbocycles. The lowest BCUT2D eigenvalue weighted by atomic mass is 10.2. The number of hydrogen-bond acceptors (Lipinski definition) is 3. The molecule has 5 nitrogen and oxygen atoms in total. The van der Waals surface area contributed by atoms with Gasteiger partial charge in [-0.05, 0) is 38.8 Å². The fourth-order valence-corrected chi connectivity index (χ4v) is 3.72. The molecule has 1 unspecified atom stereocenters. The van der Waals surface area contributed by atoms with E-state index in [0.717, 1.165) is 31.3 Å². The zero-order chi connectivity index (χ0) is 18.2. The Kier molecular flexibility index (Phi) is 7.50. The quantitative estimate of drug-likeness (QED) is 0.558. The minimum atomic E-state index is 0.325. The lowest BCUT2D eigenvalue weighted by Crippen LogP contribution is -2.43. The molecule has 0 aliphatic rings. The summed E-state index contributed by atoms with van der Waals surface area (Å²) >= 11 is 1.86. The summed E-state index contributed by atoms with van der Waals surface area (Å²) in [7, 11) is 0. The number of imidazole rings is 1. The van der Waals surface area contributed by atoms with Crippen LogP contribution < -0.4 is 10.6 Å². The Labute approximate surface area is 155 Å². The molecule has 0 aliphatic heterocycles. The second kappa shape index (κ2) is 9.61. The van der Waals surface area contributed by atoms with Gasteiger partial charge in [0.25, 0.3) is 0 Å². The number of guanidine groups is 1. The van der Waals surface area contributed by atoms with Crippen LogP contribution in [0.3, 0.4) is 0 Å². The molecule has 0 bridgehead atoms. The predicted octanol–water partition coefficient (Wildman–Crippen LogP) is 3.60. The molecule has 138 valence electrons. The normalized spacial score (nSPS) is 13.3. The van der Waals surface area contributed by atoms with E-state index in [1.807, 2.05) is 23.7 Å². The highest BCUT2D eigenvalue weighted by molar-refractivity contribution is 7.11. The zero-order valence-electron chi connectivity index (χ0n) is 16.0. The Balaban J connectivity index is 1.96. The molecule has 0 amide bonds. The first-order valence-corrected chi connectivity index (χ1v) is 9.89. The van der Waals surface area contributed by atoms with Gasteiger partial charge >= 0.3 is 0 Å². The summed E-state index contributed by atoms with van der Waals surface area (Å²) in [4.78, 5) is 11.9. The third kappa shape index (κ3) is 6.53. The van der Waals surface area contributed by atoms with Gasteiger partial charge < -0.3 is 15.2 Å². The topological polar surface area (TPSA) is 54.2 Å². The lowest BCUT2D eigenvalue weighted by Gasteiger charge is -2.17. The number of rotatable bonds is 8. The summed E-state index contributed by atoms with van der Waals surface area (Å²) in [5.41, 5.74) is 0. The highest BCUT2D eigenvalue weighted by atomic mass is 32.1. The van der Waals surface area contributed by atoms with E-state index in [1.165, 1.54) is 9.75 Å². The molecule has 2 N–H and O–H groups in total. The summed E-state index contributed by atoms with van der Waals surface area (Å²) in [5.74, 6) is 2.45. The predicted molar refractivity (Wildman–Crippen MR) is 107 cm³/mol. The first-order valence-electron chi connectivity index (χ1n) is 9.08. The van der Waals surface area contributed by atoms with Crippen LogP contribution in [0.5, 0.6) is 0 Å². The molecule has 2 aromatic heterocycles. The van der Waals surface area contributed by atoms with Gasteiger partial charge in [-0.3, -0.25) is 0 Å². The van der Waals surface area contributed by atoms with Crippen molar-refractivity contribution in [2.45, 2.75) is 60.2 Å². The fourth-order valence-electron chi connectivity index (χ4n) is 2.70. The molecule has 6 heteroatoms. The summed E-state index contributed by atoms with van der Waals surface area (Å²) in [6.45, 7) is 13.3. The van der Waals surface area contributed by atoms with Crippen molar-refractivity contribution in [2.24, 2.45) is 10.9 Å². The average molecular weight is 362 g/mol. The maximum Gasteiger partial charge on any atom is 0.191 e. The molecule has 2 rings (SSSR count). The van der Waals surface area contributed by atoms with Gasteiger partial charge in [0, 0.05) is 47.7 Å². The molecule has 25 heavy (non-hydrogen) atoms. The molecule has 0 spiro atoms. The van der Waals surface area contributed by atoms with Gasteiger partial charge in [0.1, 0.15) is 12.4 Å². The van der Waals surface area contributed by atoms with Crippen LogP contribution in [-0.2, 0) is 19.5 Å². The Bertz CT molecular complexity index is 671. The van der Waals surface area contributed by atoms with Gasteiger partial charge in [-0.25, -0.2) is 9.98 Å². The van der Waals surface area contributed by atoms with Crippen molar-refractivity contribution >= 4 is 17.3 Å². The minimum Gasteiger partial charge on any atom is -0.357 e. The molecule has 2 heterocycles. The number of hydrogen-bond donors (Lipinski definition) is 2. The van der Waals surface area contributed by atoms with Gasteiger partial charge in [-0.2, -0.15) is 0 Å². The molecule has 0 saturated carbocycles. The minimum absolute atomic E-state index is 0.325. The van der Waals surface area contributed by atoms with Crippen molar-refractivity contribution in [1.29, 1.82) is 0 Å². The number of nitrogens with one attached hydrogen (secondary N) is 2. The van der Waals surface area contributed by atoms with E-state index >= 15 is 0 Å². The van der Waals surface area contributed by atoms with Crippen LogP contribution >= 0.6 is 11.3 Å². The molecular weight excluding hydrogens is 330 g/mol. The number of aryl methyl sites for hydroxylation is 1. The van der Waals surface area contributed by atoms with Crippen molar-refractivity contribution in [2.75, 3.05) is 6.54 Å². The SMILES string of the molecule is CCNC(=NCc1nccn1CC(C)C)NC(C)Cc1ccc(C)s1. The van der Waals surface area contributed by atoms with E-state index in [9.17, 15) is 0 Å².